The van der Waals surface area contributed by atoms with Crippen molar-refractivity contribution >= 4 is 11.8 Å². The van der Waals surface area contributed by atoms with Gasteiger partial charge in [-0.1, -0.05) is 31.2 Å². The summed E-state index contributed by atoms with van der Waals surface area (Å²) in [6.45, 7) is 9.50. The Morgan fingerprint density at radius 2 is 1.77 bits per heavy atom. The van der Waals surface area contributed by atoms with Crippen LogP contribution in [0.3, 0.4) is 0 Å². The summed E-state index contributed by atoms with van der Waals surface area (Å²) in [5, 5.41) is 2.92. The van der Waals surface area contributed by atoms with Gasteiger partial charge >= 0.3 is 0 Å². The molecule has 30 heavy (non-hydrogen) atoms. The Morgan fingerprint density at radius 3 is 2.40 bits per heavy atom. The summed E-state index contributed by atoms with van der Waals surface area (Å²) in [5.41, 5.74) is 2.78. The molecule has 5 nitrogen and oxygen atoms in total. The van der Waals surface area contributed by atoms with Crippen molar-refractivity contribution in [1.29, 1.82) is 0 Å². The topological polar surface area (TPSA) is 58.6 Å². The van der Waals surface area contributed by atoms with Crippen LogP contribution in [0, 0.1) is 19.7 Å². The third-order valence-corrected chi connectivity index (χ3v) is 5.34. The number of amides is 2. The van der Waals surface area contributed by atoms with Gasteiger partial charge in [-0.15, -0.1) is 0 Å². The van der Waals surface area contributed by atoms with E-state index in [0.29, 0.717) is 5.75 Å². The number of ether oxygens (including phenoxy) is 1. The van der Waals surface area contributed by atoms with Crippen molar-refractivity contribution in [3.63, 3.8) is 0 Å². The molecule has 2 amide bonds. The Kier molecular flexibility index (Phi) is 8.39. The van der Waals surface area contributed by atoms with E-state index in [4.69, 9.17) is 4.74 Å². The third kappa shape index (κ3) is 6.31. The minimum atomic E-state index is -0.696. The number of halogens is 1. The van der Waals surface area contributed by atoms with Crippen molar-refractivity contribution in [2.45, 2.75) is 59.7 Å². The van der Waals surface area contributed by atoms with Crippen LogP contribution in [-0.2, 0) is 16.1 Å². The summed E-state index contributed by atoms with van der Waals surface area (Å²) in [4.78, 5) is 27.2. The second-order valence-corrected chi connectivity index (χ2v) is 7.63. The number of nitrogens with zero attached hydrogens (tertiary/aromatic N) is 1. The summed E-state index contributed by atoms with van der Waals surface area (Å²) in [6.07, 6.45) is 0.792. The zero-order chi connectivity index (χ0) is 22.3. The molecule has 0 bridgehead atoms. The van der Waals surface area contributed by atoms with E-state index in [1.807, 2.05) is 45.9 Å². The van der Waals surface area contributed by atoms with E-state index in [-0.39, 0.29) is 36.8 Å². The molecule has 0 radical (unpaired) electrons. The lowest BCUT2D eigenvalue weighted by Crippen LogP contribution is -2.50. The Bertz CT molecular complexity index is 867. The second kappa shape index (κ2) is 10.8. The van der Waals surface area contributed by atoms with Gasteiger partial charge in [-0.25, -0.2) is 4.39 Å². The molecule has 0 aliphatic heterocycles. The lowest BCUT2D eigenvalue weighted by Gasteiger charge is -2.29. The van der Waals surface area contributed by atoms with Crippen molar-refractivity contribution < 1.29 is 18.7 Å². The van der Waals surface area contributed by atoms with Gasteiger partial charge in [0.05, 0.1) is 0 Å². The fraction of sp³-hybridized carbons (Fsp3) is 0.417. The van der Waals surface area contributed by atoms with E-state index in [0.717, 1.165) is 23.1 Å². The number of benzene rings is 2. The molecule has 0 aliphatic rings. The molecule has 0 saturated carbocycles. The first-order valence-electron chi connectivity index (χ1n) is 10.3. The molecule has 0 fully saturated rings. The molecule has 162 valence electrons. The fourth-order valence-electron chi connectivity index (χ4n) is 2.94. The largest absolute Gasteiger partial charge is 0.483 e. The van der Waals surface area contributed by atoms with Crippen LogP contribution in [0.5, 0.6) is 5.75 Å². The van der Waals surface area contributed by atoms with Gasteiger partial charge in [-0.3, -0.25) is 9.59 Å². The zero-order valence-corrected chi connectivity index (χ0v) is 18.4. The van der Waals surface area contributed by atoms with Gasteiger partial charge in [-0.2, -0.15) is 0 Å². The average molecular weight is 415 g/mol. The molecule has 0 saturated heterocycles. The van der Waals surface area contributed by atoms with Gasteiger partial charge < -0.3 is 15.0 Å². The van der Waals surface area contributed by atoms with Gasteiger partial charge in [0.25, 0.3) is 5.91 Å². The van der Waals surface area contributed by atoms with Gasteiger partial charge in [-0.05, 0) is 69.0 Å². The van der Waals surface area contributed by atoms with Gasteiger partial charge in [0.15, 0.2) is 6.61 Å². The van der Waals surface area contributed by atoms with Crippen molar-refractivity contribution in [3.8, 4) is 5.75 Å². The standard InChI is InChI=1S/C24H31FN2O3/c1-6-17(3)26-24(29)19(5)27(14-20-10-12-21(25)13-11-20)23(28)15-30-22-9-7-8-16(2)18(22)4/h7-13,17,19H,6,14-15H2,1-5H3,(H,26,29)/t17-,19-/m1/s1. The molecule has 2 atom stereocenters. The SMILES string of the molecule is CC[C@@H](C)NC(=O)[C@@H](C)N(Cc1ccc(F)cc1)C(=O)COc1cccc(C)c1C. The third-order valence-electron chi connectivity index (χ3n) is 5.34. The average Bonchev–Trinajstić information content (AvgIpc) is 2.73. The molecule has 0 heterocycles. The van der Waals surface area contributed by atoms with E-state index in [2.05, 4.69) is 5.32 Å². The van der Waals surface area contributed by atoms with E-state index in [1.165, 1.54) is 17.0 Å². The Labute approximate surface area is 178 Å². The maximum Gasteiger partial charge on any atom is 0.261 e. The molecular weight excluding hydrogens is 383 g/mol. The van der Waals surface area contributed by atoms with E-state index >= 15 is 0 Å². The van der Waals surface area contributed by atoms with Gasteiger partial charge in [0.1, 0.15) is 17.6 Å². The summed E-state index contributed by atoms with van der Waals surface area (Å²) in [5.74, 6) is -0.252. The normalized spacial score (nSPS) is 12.7. The van der Waals surface area contributed by atoms with Crippen LogP contribution in [-0.4, -0.2) is 35.4 Å². The molecule has 2 rings (SSSR count). The molecule has 0 unspecified atom stereocenters. The predicted octanol–water partition coefficient (Wildman–Crippen LogP) is 4.15. The minimum Gasteiger partial charge on any atom is -0.483 e. The number of nitrogens with one attached hydrogen (secondary N) is 1. The molecule has 2 aromatic carbocycles. The molecule has 0 spiro atoms. The molecular formula is C24H31FN2O3. The fourth-order valence-corrected chi connectivity index (χ4v) is 2.94. The van der Waals surface area contributed by atoms with Gasteiger partial charge in [0, 0.05) is 12.6 Å². The van der Waals surface area contributed by atoms with Crippen LogP contribution in [0.1, 0.15) is 43.9 Å². The first-order valence-corrected chi connectivity index (χ1v) is 10.3. The van der Waals surface area contributed by atoms with Crippen LogP contribution in [0.15, 0.2) is 42.5 Å². The highest BCUT2D eigenvalue weighted by Crippen LogP contribution is 2.21. The monoisotopic (exact) mass is 414 g/mol. The van der Waals surface area contributed by atoms with Crippen LogP contribution in [0.2, 0.25) is 0 Å². The van der Waals surface area contributed by atoms with Crippen molar-refractivity contribution in [2.24, 2.45) is 0 Å². The number of hydrogen-bond donors (Lipinski definition) is 1. The molecule has 2 aromatic rings. The molecule has 1 N–H and O–H groups in total. The number of hydrogen-bond acceptors (Lipinski definition) is 3. The highest BCUT2D eigenvalue weighted by atomic mass is 19.1. The van der Waals surface area contributed by atoms with Crippen LogP contribution in [0.25, 0.3) is 0 Å². The van der Waals surface area contributed by atoms with Gasteiger partial charge in [0.2, 0.25) is 5.91 Å². The number of rotatable bonds is 9. The number of carbonyl (C=O) groups excluding carboxylic acids is 2. The summed E-state index contributed by atoms with van der Waals surface area (Å²) < 4.78 is 19.0. The highest BCUT2D eigenvalue weighted by Gasteiger charge is 2.27. The number of aryl methyl sites for hydroxylation is 1. The van der Waals surface area contributed by atoms with Crippen molar-refractivity contribution in [3.05, 3.63) is 65.0 Å². The maximum absolute atomic E-state index is 13.3. The first-order chi connectivity index (χ1) is 14.2. The second-order valence-electron chi connectivity index (χ2n) is 7.63. The molecule has 0 aromatic heterocycles. The predicted molar refractivity (Wildman–Crippen MR) is 116 cm³/mol. The summed E-state index contributed by atoms with van der Waals surface area (Å²) in [7, 11) is 0. The lowest BCUT2D eigenvalue weighted by atomic mass is 10.1. The lowest BCUT2D eigenvalue weighted by molar-refractivity contribution is -0.142. The Morgan fingerprint density at radius 1 is 1.10 bits per heavy atom. The highest BCUT2D eigenvalue weighted by molar-refractivity contribution is 5.88. The zero-order valence-electron chi connectivity index (χ0n) is 18.4. The van der Waals surface area contributed by atoms with Crippen LogP contribution < -0.4 is 10.1 Å². The van der Waals surface area contributed by atoms with E-state index in [9.17, 15) is 14.0 Å². The number of carbonyl (C=O) groups is 2. The van der Waals surface area contributed by atoms with Crippen molar-refractivity contribution in [2.75, 3.05) is 6.61 Å². The molecule has 0 aliphatic carbocycles. The Balaban J connectivity index is 2.17. The summed E-state index contributed by atoms with van der Waals surface area (Å²) in [6, 6.07) is 10.9. The quantitative estimate of drug-likeness (QED) is 0.671. The van der Waals surface area contributed by atoms with Crippen LogP contribution >= 0.6 is 0 Å². The molecule has 6 heteroatoms. The van der Waals surface area contributed by atoms with E-state index < -0.39 is 6.04 Å². The van der Waals surface area contributed by atoms with Crippen LogP contribution in [0.4, 0.5) is 4.39 Å². The minimum absolute atomic E-state index is 0.00826. The first kappa shape index (κ1) is 23.4. The summed E-state index contributed by atoms with van der Waals surface area (Å²) >= 11 is 0. The van der Waals surface area contributed by atoms with Crippen molar-refractivity contribution in [1.82, 2.24) is 10.2 Å². The van der Waals surface area contributed by atoms with E-state index in [1.54, 1.807) is 19.1 Å². The maximum atomic E-state index is 13.3. The Hall–Kier alpha value is -2.89. The smallest absolute Gasteiger partial charge is 0.261 e.